The molecule has 0 radical (unpaired) electrons. The molecule has 0 aromatic carbocycles. The van der Waals surface area contributed by atoms with E-state index in [9.17, 15) is 4.79 Å². The summed E-state index contributed by atoms with van der Waals surface area (Å²) < 4.78 is 5.62. The summed E-state index contributed by atoms with van der Waals surface area (Å²) in [6.07, 6.45) is 4.99. The van der Waals surface area contributed by atoms with Crippen LogP contribution in [0.25, 0.3) is 0 Å². The zero-order chi connectivity index (χ0) is 19.1. The third-order valence-corrected chi connectivity index (χ3v) is 5.47. The molecular weight excluding hydrogens is 328 g/mol. The van der Waals surface area contributed by atoms with Gasteiger partial charge in [-0.05, 0) is 64.2 Å². The SMILES string of the molecule is CCC1=C(C)C=C(N2CCN(C(=O)OC(C)(C)C)C3(CC3)C2)C(N)=NC1. The fraction of sp³-hybridized carbons (Fsp3) is 0.700. The van der Waals surface area contributed by atoms with Crippen molar-refractivity contribution in [1.82, 2.24) is 9.80 Å². The van der Waals surface area contributed by atoms with Crippen molar-refractivity contribution in [2.24, 2.45) is 10.7 Å². The minimum Gasteiger partial charge on any atom is -0.444 e. The van der Waals surface area contributed by atoms with Gasteiger partial charge in [-0.25, -0.2) is 4.79 Å². The Morgan fingerprint density at radius 2 is 2.04 bits per heavy atom. The van der Waals surface area contributed by atoms with E-state index in [1.165, 1.54) is 11.1 Å². The van der Waals surface area contributed by atoms with Crippen LogP contribution in [0.5, 0.6) is 0 Å². The number of carbonyl (C=O) groups is 1. The molecule has 1 spiro atoms. The highest BCUT2D eigenvalue weighted by Crippen LogP contribution is 2.45. The Morgan fingerprint density at radius 1 is 1.35 bits per heavy atom. The van der Waals surface area contributed by atoms with Gasteiger partial charge in [0.25, 0.3) is 0 Å². The van der Waals surface area contributed by atoms with Crippen molar-refractivity contribution in [1.29, 1.82) is 0 Å². The van der Waals surface area contributed by atoms with E-state index < -0.39 is 5.60 Å². The third-order valence-electron chi connectivity index (χ3n) is 5.47. The molecule has 0 aromatic heterocycles. The molecule has 0 aromatic rings. The molecular formula is C20H32N4O2. The summed E-state index contributed by atoms with van der Waals surface area (Å²) in [4.78, 5) is 21.4. The Labute approximate surface area is 156 Å². The predicted molar refractivity (Wildman–Crippen MR) is 104 cm³/mol. The van der Waals surface area contributed by atoms with Gasteiger partial charge in [0.1, 0.15) is 11.4 Å². The Bertz CT molecular complexity index is 680. The smallest absolute Gasteiger partial charge is 0.410 e. The van der Waals surface area contributed by atoms with E-state index in [0.717, 1.165) is 38.0 Å². The number of nitrogens with zero attached hydrogens (tertiary/aromatic N) is 3. The number of amides is 1. The predicted octanol–water partition coefficient (Wildman–Crippen LogP) is 3.05. The number of rotatable bonds is 2. The van der Waals surface area contributed by atoms with Crippen molar-refractivity contribution >= 4 is 11.9 Å². The molecule has 1 saturated carbocycles. The van der Waals surface area contributed by atoms with Gasteiger partial charge in [0.15, 0.2) is 0 Å². The standard InChI is InChI=1S/C20H32N4O2/c1-6-15-12-22-17(21)16(11-14(15)2)23-9-10-24(20(13-23)7-8-20)18(25)26-19(3,4)5/h11H,6-10,12-13H2,1-5H3,(H2,21,22). The van der Waals surface area contributed by atoms with Crippen molar-refractivity contribution < 1.29 is 9.53 Å². The number of carbonyl (C=O) groups excluding carboxylic acids is 1. The molecule has 0 bridgehead atoms. The number of hydrogen-bond acceptors (Lipinski definition) is 5. The van der Waals surface area contributed by atoms with Crippen LogP contribution in [-0.4, -0.2) is 59.0 Å². The van der Waals surface area contributed by atoms with E-state index in [4.69, 9.17) is 10.5 Å². The van der Waals surface area contributed by atoms with Gasteiger partial charge >= 0.3 is 6.09 Å². The third kappa shape index (κ3) is 3.74. The molecule has 2 fully saturated rings. The lowest BCUT2D eigenvalue weighted by Crippen LogP contribution is -2.58. The summed E-state index contributed by atoms with van der Waals surface area (Å²) in [6.45, 7) is 12.9. The normalized spacial score (nSPS) is 22.8. The summed E-state index contributed by atoms with van der Waals surface area (Å²) in [7, 11) is 0. The first kappa shape index (κ1) is 18.8. The van der Waals surface area contributed by atoms with Gasteiger partial charge in [-0.2, -0.15) is 0 Å². The quantitative estimate of drug-likeness (QED) is 0.821. The van der Waals surface area contributed by atoms with Gasteiger partial charge in [-0.3, -0.25) is 9.89 Å². The molecule has 3 aliphatic rings. The van der Waals surface area contributed by atoms with Crippen LogP contribution in [-0.2, 0) is 4.74 Å². The number of nitrogens with two attached hydrogens (primary N) is 1. The molecule has 1 amide bonds. The fourth-order valence-electron chi connectivity index (χ4n) is 3.77. The van der Waals surface area contributed by atoms with Gasteiger partial charge in [0.05, 0.1) is 17.8 Å². The second kappa shape index (κ2) is 6.63. The van der Waals surface area contributed by atoms with Gasteiger partial charge < -0.3 is 15.4 Å². The molecule has 2 N–H and O–H groups in total. The van der Waals surface area contributed by atoms with Crippen LogP contribution in [0.15, 0.2) is 27.9 Å². The summed E-state index contributed by atoms with van der Waals surface area (Å²) in [5.41, 5.74) is 9.29. The summed E-state index contributed by atoms with van der Waals surface area (Å²) >= 11 is 0. The van der Waals surface area contributed by atoms with Crippen LogP contribution in [0.1, 0.15) is 53.9 Å². The molecule has 1 saturated heterocycles. The van der Waals surface area contributed by atoms with Crippen molar-refractivity contribution in [3.8, 4) is 0 Å². The maximum atomic E-state index is 12.6. The first-order valence-electron chi connectivity index (χ1n) is 9.61. The monoisotopic (exact) mass is 360 g/mol. The molecule has 2 heterocycles. The molecule has 26 heavy (non-hydrogen) atoms. The molecule has 0 unspecified atom stereocenters. The number of hydrogen-bond donors (Lipinski definition) is 1. The maximum Gasteiger partial charge on any atom is 0.410 e. The van der Waals surface area contributed by atoms with E-state index in [0.29, 0.717) is 18.9 Å². The number of ether oxygens (including phenoxy) is 1. The summed E-state index contributed by atoms with van der Waals surface area (Å²) in [6, 6.07) is 0. The van der Waals surface area contributed by atoms with Gasteiger partial charge in [-0.1, -0.05) is 6.92 Å². The zero-order valence-corrected chi connectivity index (χ0v) is 16.8. The van der Waals surface area contributed by atoms with Crippen LogP contribution in [0, 0.1) is 0 Å². The highest BCUT2D eigenvalue weighted by atomic mass is 16.6. The first-order valence-corrected chi connectivity index (χ1v) is 9.61. The van der Waals surface area contributed by atoms with Gasteiger partial charge in [-0.15, -0.1) is 0 Å². The zero-order valence-electron chi connectivity index (χ0n) is 16.8. The maximum absolute atomic E-state index is 12.6. The Kier molecular flexibility index (Phi) is 4.80. The minimum absolute atomic E-state index is 0.112. The van der Waals surface area contributed by atoms with Crippen LogP contribution in [0.3, 0.4) is 0 Å². The number of piperazine rings is 1. The second-order valence-corrected chi connectivity index (χ2v) is 8.65. The molecule has 2 aliphatic heterocycles. The summed E-state index contributed by atoms with van der Waals surface area (Å²) in [5, 5.41) is 0. The fourth-order valence-corrected chi connectivity index (χ4v) is 3.77. The van der Waals surface area contributed by atoms with Crippen LogP contribution in [0.4, 0.5) is 4.79 Å². The lowest BCUT2D eigenvalue weighted by Gasteiger charge is -2.43. The molecule has 6 heteroatoms. The lowest BCUT2D eigenvalue weighted by atomic mass is 10.1. The van der Waals surface area contributed by atoms with E-state index in [-0.39, 0.29) is 11.6 Å². The van der Waals surface area contributed by atoms with Gasteiger partial charge in [0.2, 0.25) is 0 Å². The average Bonchev–Trinajstić information content (AvgIpc) is 3.31. The van der Waals surface area contributed by atoms with Crippen molar-refractivity contribution in [3.63, 3.8) is 0 Å². The first-order chi connectivity index (χ1) is 12.1. The second-order valence-electron chi connectivity index (χ2n) is 8.65. The molecule has 1 aliphatic carbocycles. The Hall–Kier alpha value is -1.98. The summed E-state index contributed by atoms with van der Waals surface area (Å²) in [5.74, 6) is 0.606. The Balaban J connectivity index is 1.78. The average molecular weight is 361 g/mol. The highest BCUT2D eigenvalue weighted by Gasteiger charge is 2.54. The number of aliphatic imine (C=N–C) groups is 1. The largest absolute Gasteiger partial charge is 0.444 e. The van der Waals surface area contributed by atoms with E-state index >= 15 is 0 Å². The van der Waals surface area contributed by atoms with Gasteiger partial charge in [0, 0.05) is 19.6 Å². The molecule has 0 atom stereocenters. The van der Waals surface area contributed by atoms with E-state index in [1.54, 1.807) is 0 Å². The Morgan fingerprint density at radius 3 is 2.62 bits per heavy atom. The number of amidine groups is 1. The van der Waals surface area contributed by atoms with Crippen molar-refractivity contribution in [2.75, 3.05) is 26.2 Å². The van der Waals surface area contributed by atoms with E-state index in [1.807, 2.05) is 25.7 Å². The van der Waals surface area contributed by atoms with Crippen LogP contribution in [0.2, 0.25) is 0 Å². The lowest BCUT2D eigenvalue weighted by molar-refractivity contribution is -0.00211. The molecule has 144 valence electrons. The molecule has 6 nitrogen and oxygen atoms in total. The van der Waals surface area contributed by atoms with Crippen LogP contribution < -0.4 is 5.73 Å². The topological polar surface area (TPSA) is 71.2 Å². The van der Waals surface area contributed by atoms with Crippen LogP contribution >= 0.6 is 0 Å². The number of allylic oxidation sites excluding steroid dienone is 2. The minimum atomic E-state index is -0.469. The van der Waals surface area contributed by atoms with Crippen molar-refractivity contribution in [3.05, 3.63) is 22.9 Å². The highest BCUT2D eigenvalue weighted by molar-refractivity contribution is 5.97. The molecule has 3 rings (SSSR count). The van der Waals surface area contributed by atoms with Crippen molar-refractivity contribution in [2.45, 2.75) is 65.0 Å². The van der Waals surface area contributed by atoms with E-state index in [2.05, 4.69) is 29.8 Å².